The predicted molar refractivity (Wildman–Crippen MR) is 92.6 cm³/mol. The summed E-state index contributed by atoms with van der Waals surface area (Å²) >= 11 is 5.97. The molecule has 1 aliphatic heterocycles. The van der Waals surface area contributed by atoms with Crippen molar-refractivity contribution in [1.29, 1.82) is 0 Å². The highest BCUT2D eigenvalue weighted by Crippen LogP contribution is 2.31. The highest BCUT2D eigenvalue weighted by molar-refractivity contribution is 6.31. The smallest absolute Gasteiger partial charge is 0.308 e. The van der Waals surface area contributed by atoms with Crippen molar-refractivity contribution in [3.63, 3.8) is 0 Å². The van der Waals surface area contributed by atoms with Crippen molar-refractivity contribution in [2.45, 2.75) is 6.42 Å². The number of fused-ring (bicyclic) bond motifs is 1. The van der Waals surface area contributed by atoms with Crippen LogP contribution in [0.25, 0.3) is 22.6 Å². The number of carboxylic acid groups (broad SMARTS) is 1. The second kappa shape index (κ2) is 5.89. The van der Waals surface area contributed by atoms with Crippen LogP contribution in [0.15, 0.2) is 46.9 Å². The lowest BCUT2D eigenvalue weighted by Gasteiger charge is -2.16. The number of nitrogens with zero attached hydrogens (tertiary/aromatic N) is 2. The molecule has 1 N–H and O–H groups in total. The second-order valence-corrected chi connectivity index (χ2v) is 6.36. The van der Waals surface area contributed by atoms with Crippen molar-refractivity contribution < 1.29 is 19.1 Å². The second-order valence-electron chi connectivity index (χ2n) is 5.93. The normalized spacial score (nSPS) is 17.4. The van der Waals surface area contributed by atoms with E-state index in [1.165, 1.54) is 4.90 Å². The van der Waals surface area contributed by atoms with Crippen LogP contribution < -0.4 is 4.90 Å². The van der Waals surface area contributed by atoms with Gasteiger partial charge in [0.2, 0.25) is 11.8 Å². The van der Waals surface area contributed by atoms with Gasteiger partial charge in [0.05, 0.1) is 5.92 Å². The Morgan fingerprint density at radius 2 is 2.12 bits per heavy atom. The largest absolute Gasteiger partial charge is 0.481 e. The number of carbonyl (C=O) groups is 2. The number of amides is 1. The van der Waals surface area contributed by atoms with Crippen LogP contribution in [0.4, 0.5) is 5.69 Å². The molecule has 2 aromatic carbocycles. The van der Waals surface area contributed by atoms with E-state index in [2.05, 4.69) is 4.98 Å². The summed E-state index contributed by atoms with van der Waals surface area (Å²) in [5.41, 5.74) is 2.60. The molecule has 1 amide bonds. The minimum absolute atomic E-state index is 0.0148. The Morgan fingerprint density at radius 1 is 1.28 bits per heavy atom. The van der Waals surface area contributed by atoms with Crippen molar-refractivity contribution in [1.82, 2.24) is 4.98 Å². The molecule has 0 saturated carbocycles. The van der Waals surface area contributed by atoms with Gasteiger partial charge >= 0.3 is 5.97 Å². The molecule has 0 radical (unpaired) electrons. The molecule has 0 unspecified atom stereocenters. The third kappa shape index (κ3) is 2.85. The Hall–Kier alpha value is -2.86. The first kappa shape index (κ1) is 15.7. The van der Waals surface area contributed by atoms with Gasteiger partial charge in [-0.25, -0.2) is 4.98 Å². The predicted octanol–water partition coefficient (Wildman–Crippen LogP) is 3.59. The number of halogens is 1. The van der Waals surface area contributed by atoms with Crippen LogP contribution in [0.3, 0.4) is 0 Å². The van der Waals surface area contributed by atoms with Gasteiger partial charge in [0.1, 0.15) is 5.52 Å². The molecule has 0 bridgehead atoms. The van der Waals surface area contributed by atoms with Gasteiger partial charge in [-0.15, -0.1) is 0 Å². The van der Waals surface area contributed by atoms with E-state index in [0.717, 1.165) is 0 Å². The topological polar surface area (TPSA) is 83.6 Å². The average molecular weight is 357 g/mol. The fourth-order valence-corrected chi connectivity index (χ4v) is 3.12. The van der Waals surface area contributed by atoms with Crippen molar-refractivity contribution in [3.05, 3.63) is 47.5 Å². The summed E-state index contributed by atoms with van der Waals surface area (Å²) < 4.78 is 5.75. The van der Waals surface area contributed by atoms with Crippen LogP contribution in [0.2, 0.25) is 5.02 Å². The number of oxazole rings is 1. The quantitative estimate of drug-likeness (QED) is 0.775. The summed E-state index contributed by atoms with van der Waals surface area (Å²) in [7, 11) is 0. The third-order valence-corrected chi connectivity index (χ3v) is 4.46. The van der Waals surface area contributed by atoms with E-state index < -0.39 is 11.9 Å². The van der Waals surface area contributed by atoms with E-state index in [9.17, 15) is 9.59 Å². The van der Waals surface area contributed by atoms with E-state index in [1.54, 1.807) is 36.4 Å². The van der Waals surface area contributed by atoms with Crippen LogP contribution in [-0.4, -0.2) is 28.5 Å². The van der Waals surface area contributed by atoms with E-state index in [1.807, 2.05) is 6.07 Å². The molecular formula is C18H13ClN2O4. The summed E-state index contributed by atoms with van der Waals surface area (Å²) in [4.78, 5) is 29.2. The van der Waals surface area contributed by atoms with Gasteiger partial charge < -0.3 is 14.4 Å². The van der Waals surface area contributed by atoms with Crippen LogP contribution >= 0.6 is 11.6 Å². The summed E-state index contributed by atoms with van der Waals surface area (Å²) in [6.07, 6.45) is 0.0148. The number of hydrogen-bond donors (Lipinski definition) is 1. The molecule has 7 heteroatoms. The fraction of sp³-hybridized carbons (Fsp3) is 0.167. The van der Waals surface area contributed by atoms with Crippen molar-refractivity contribution in [2.24, 2.45) is 5.92 Å². The van der Waals surface area contributed by atoms with Gasteiger partial charge in [-0.3, -0.25) is 9.59 Å². The summed E-state index contributed by atoms with van der Waals surface area (Å²) in [6.45, 7) is 0.167. The van der Waals surface area contributed by atoms with E-state index in [-0.39, 0.29) is 18.9 Å². The number of aliphatic carboxylic acids is 1. The lowest BCUT2D eigenvalue weighted by atomic mass is 10.1. The Morgan fingerprint density at radius 3 is 2.88 bits per heavy atom. The summed E-state index contributed by atoms with van der Waals surface area (Å²) in [5.74, 6) is -1.42. The molecule has 4 rings (SSSR count). The maximum Gasteiger partial charge on any atom is 0.308 e. The molecule has 2 heterocycles. The van der Waals surface area contributed by atoms with Crippen molar-refractivity contribution in [2.75, 3.05) is 11.4 Å². The first-order chi connectivity index (χ1) is 12.0. The summed E-state index contributed by atoms with van der Waals surface area (Å²) in [5, 5.41) is 9.69. The Labute approximate surface area is 147 Å². The van der Waals surface area contributed by atoms with E-state index in [4.69, 9.17) is 21.1 Å². The number of carbonyl (C=O) groups excluding carboxylic acids is 1. The minimum Gasteiger partial charge on any atom is -0.481 e. The zero-order valence-corrected chi connectivity index (χ0v) is 13.7. The van der Waals surface area contributed by atoms with Crippen LogP contribution in [0.5, 0.6) is 0 Å². The SMILES string of the molecule is O=C(O)[C@@H]1CC(=O)N(c2cccc(-c3nc4cc(Cl)ccc4o3)c2)C1. The number of carboxylic acids is 1. The molecule has 1 saturated heterocycles. The van der Waals surface area contributed by atoms with Crippen LogP contribution in [0, 0.1) is 5.92 Å². The van der Waals surface area contributed by atoms with Gasteiger partial charge in [-0.05, 0) is 36.4 Å². The molecule has 3 aromatic rings. The monoisotopic (exact) mass is 356 g/mol. The number of anilines is 1. The van der Waals surface area contributed by atoms with Gasteiger partial charge in [0.15, 0.2) is 5.58 Å². The average Bonchev–Trinajstić information content (AvgIpc) is 3.18. The standard InChI is InChI=1S/C18H13ClN2O4/c19-12-4-5-15-14(8-12)20-17(25-15)10-2-1-3-13(6-10)21-9-11(18(23)24)7-16(21)22/h1-6,8,11H,7,9H2,(H,23,24)/t11-/m1/s1. The Bertz CT molecular complexity index is 998. The summed E-state index contributed by atoms with van der Waals surface area (Å²) in [6, 6.07) is 12.3. The molecule has 6 nitrogen and oxygen atoms in total. The third-order valence-electron chi connectivity index (χ3n) is 4.23. The highest BCUT2D eigenvalue weighted by Gasteiger charge is 2.35. The van der Waals surface area contributed by atoms with Crippen LogP contribution in [0.1, 0.15) is 6.42 Å². The van der Waals surface area contributed by atoms with E-state index in [0.29, 0.717) is 33.3 Å². The fourth-order valence-electron chi connectivity index (χ4n) is 2.95. The number of rotatable bonds is 3. The lowest BCUT2D eigenvalue weighted by molar-refractivity contribution is -0.141. The van der Waals surface area contributed by atoms with Crippen molar-refractivity contribution >= 4 is 40.3 Å². The van der Waals surface area contributed by atoms with Gasteiger partial charge in [0.25, 0.3) is 0 Å². The molecule has 25 heavy (non-hydrogen) atoms. The zero-order valence-electron chi connectivity index (χ0n) is 13.0. The maximum atomic E-state index is 12.1. The van der Waals surface area contributed by atoms with Gasteiger partial charge in [0, 0.05) is 29.2 Å². The molecule has 0 aliphatic carbocycles. The van der Waals surface area contributed by atoms with Crippen LogP contribution in [-0.2, 0) is 9.59 Å². The number of aromatic nitrogens is 1. The molecule has 1 fully saturated rings. The van der Waals surface area contributed by atoms with Gasteiger partial charge in [-0.1, -0.05) is 17.7 Å². The minimum atomic E-state index is -0.956. The molecular weight excluding hydrogens is 344 g/mol. The molecule has 0 spiro atoms. The molecule has 126 valence electrons. The van der Waals surface area contributed by atoms with Crippen molar-refractivity contribution in [3.8, 4) is 11.5 Å². The zero-order chi connectivity index (χ0) is 17.6. The van der Waals surface area contributed by atoms with E-state index >= 15 is 0 Å². The Balaban J connectivity index is 1.69. The first-order valence-electron chi connectivity index (χ1n) is 7.71. The molecule has 1 aliphatic rings. The maximum absolute atomic E-state index is 12.1. The molecule has 1 aromatic heterocycles. The first-order valence-corrected chi connectivity index (χ1v) is 8.09. The number of hydrogen-bond acceptors (Lipinski definition) is 4. The molecule has 1 atom stereocenters. The lowest BCUT2D eigenvalue weighted by Crippen LogP contribution is -2.25. The Kier molecular flexibility index (Phi) is 3.69. The highest BCUT2D eigenvalue weighted by atomic mass is 35.5. The number of benzene rings is 2. The van der Waals surface area contributed by atoms with Gasteiger partial charge in [-0.2, -0.15) is 0 Å².